The molecule has 26 heavy (non-hydrogen) atoms. The van der Waals surface area contributed by atoms with Crippen LogP contribution < -0.4 is 10.9 Å². The number of hydrogen-bond acceptors (Lipinski definition) is 6. The van der Waals surface area contributed by atoms with Gasteiger partial charge in [-0.15, -0.1) is 0 Å². The van der Waals surface area contributed by atoms with Gasteiger partial charge in [0.1, 0.15) is 0 Å². The fraction of sp³-hybridized carbons (Fsp3) is 0.278. The predicted octanol–water partition coefficient (Wildman–Crippen LogP) is 2.40. The minimum Gasteiger partial charge on any atom is -0.302 e. The number of amides is 1. The predicted molar refractivity (Wildman–Crippen MR) is 98.6 cm³/mol. The molecule has 1 aliphatic rings. The van der Waals surface area contributed by atoms with Gasteiger partial charge in [0.25, 0.3) is 5.56 Å². The molecule has 2 heterocycles. The largest absolute Gasteiger partial charge is 0.302 e. The van der Waals surface area contributed by atoms with Crippen LogP contribution in [0.5, 0.6) is 0 Å². The quantitative estimate of drug-likeness (QED) is 0.763. The van der Waals surface area contributed by atoms with Crippen LogP contribution in [0.2, 0.25) is 0 Å². The van der Waals surface area contributed by atoms with Crippen molar-refractivity contribution in [3.8, 4) is 0 Å². The van der Waals surface area contributed by atoms with Crippen LogP contribution in [0.4, 0.5) is 5.13 Å². The second kappa shape index (κ2) is 6.80. The topological polar surface area (TPSA) is 93.9 Å². The number of aryl methyl sites for hydroxylation is 2. The molecule has 0 fully saturated rings. The lowest BCUT2D eigenvalue weighted by atomic mass is 10.0. The Bertz CT molecular complexity index is 1070. The average Bonchev–Trinajstić information content (AvgIpc) is 3.05. The van der Waals surface area contributed by atoms with Crippen LogP contribution in [0.15, 0.2) is 35.4 Å². The molecule has 0 atom stereocenters. The number of aromatic nitrogens is 3. The first-order valence-electron chi connectivity index (χ1n) is 8.39. The number of carbonyl (C=O) groups is 2. The highest BCUT2D eigenvalue weighted by Crippen LogP contribution is 2.29. The zero-order valence-corrected chi connectivity index (χ0v) is 14.7. The van der Waals surface area contributed by atoms with Crippen LogP contribution in [0.25, 0.3) is 10.9 Å². The lowest BCUT2D eigenvalue weighted by molar-refractivity contribution is -0.116. The molecule has 1 aromatic carbocycles. The molecule has 0 saturated heterocycles. The van der Waals surface area contributed by atoms with Crippen molar-refractivity contribution < 1.29 is 9.59 Å². The summed E-state index contributed by atoms with van der Waals surface area (Å²) in [7, 11) is 0. The summed E-state index contributed by atoms with van der Waals surface area (Å²) >= 11 is 1.22. The number of benzene rings is 1. The van der Waals surface area contributed by atoms with E-state index < -0.39 is 0 Å². The maximum atomic E-state index is 12.4. The monoisotopic (exact) mass is 368 g/mol. The summed E-state index contributed by atoms with van der Waals surface area (Å²) in [4.78, 5) is 45.7. The molecule has 8 heteroatoms. The first-order valence-corrected chi connectivity index (χ1v) is 9.20. The highest BCUT2D eigenvalue weighted by molar-refractivity contribution is 7.17. The molecule has 1 N–H and O–H groups in total. The van der Waals surface area contributed by atoms with Gasteiger partial charge in [0, 0.05) is 19.4 Å². The first-order chi connectivity index (χ1) is 12.6. The number of rotatable bonds is 4. The standard InChI is InChI=1S/C18H16N4O3S/c23-14-7-3-6-13-16(14)26-18(20-13)21-15(24)8-9-22-10-19-12-5-2-1-4-11(12)17(22)25/h1-2,4-5,10H,3,6-9H2,(H,20,21,24). The van der Waals surface area contributed by atoms with E-state index in [4.69, 9.17) is 0 Å². The fourth-order valence-corrected chi connectivity index (χ4v) is 3.99. The molecule has 3 aromatic rings. The van der Waals surface area contributed by atoms with Gasteiger partial charge in [0.2, 0.25) is 5.91 Å². The number of ketones is 1. The Morgan fingerprint density at radius 1 is 1.23 bits per heavy atom. The Morgan fingerprint density at radius 3 is 2.92 bits per heavy atom. The molecule has 1 amide bonds. The van der Waals surface area contributed by atoms with Crippen LogP contribution in [-0.4, -0.2) is 26.2 Å². The SMILES string of the molecule is O=C(CCn1cnc2ccccc2c1=O)Nc1nc2c(s1)C(=O)CCC2. The van der Waals surface area contributed by atoms with Crippen LogP contribution in [-0.2, 0) is 17.8 Å². The van der Waals surface area contributed by atoms with Crippen molar-refractivity contribution in [1.82, 2.24) is 14.5 Å². The van der Waals surface area contributed by atoms with Crippen LogP contribution >= 0.6 is 11.3 Å². The normalized spacial score (nSPS) is 13.6. The van der Waals surface area contributed by atoms with Crippen LogP contribution in [0, 0.1) is 0 Å². The van der Waals surface area contributed by atoms with Gasteiger partial charge in [0.15, 0.2) is 10.9 Å². The lowest BCUT2D eigenvalue weighted by Crippen LogP contribution is -2.23. The highest BCUT2D eigenvalue weighted by Gasteiger charge is 2.22. The van der Waals surface area contributed by atoms with Gasteiger partial charge in [-0.05, 0) is 25.0 Å². The molecule has 4 rings (SSSR count). The van der Waals surface area contributed by atoms with Gasteiger partial charge in [-0.3, -0.25) is 19.0 Å². The van der Waals surface area contributed by atoms with Gasteiger partial charge >= 0.3 is 0 Å². The third-order valence-corrected chi connectivity index (χ3v) is 5.38. The zero-order valence-electron chi connectivity index (χ0n) is 13.9. The van der Waals surface area contributed by atoms with E-state index in [0.717, 1.165) is 18.5 Å². The van der Waals surface area contributed by atoms with E-state index >= 15 is 0 Å². The Hall–Kier alpha value is -2.87. The Balaban J connectivity index is 1.44. The van der Waals surface area contributed by atoms with Crippen LogP contribution in [0.3, 0.4) is 0 Å². The second-order valence-electron chi connectivity index (χ2n) is 6.13. The molecule has 0 unspecified atom stereocenters. The molecular formula is C18H16N4O3S. The van der Waals surface area contributed by atoms with Crippen molar-refractivity contribution in [3.05, 3.63) is 51.5 Å². The first kappa shape index (κ1) is 16.6. The van der Waals surface area contributed by atoms with Crippen molar-refractivity contribution in [3.63, 3.8) is 0 Å². The van der Waals surface area contributed by atoms with Crippen molar-refractivity contribution >= 4 is 39.1 Å². The van der Waals surface area contributed by atoms with Gasteiger partial charge in [-0.25, -0.2) is 9.97 Å². The summed E-state index contributed by atoms with van der Waals surface area (Å²) < 4.78 is 1.43. The van der Waals surface area contributed by atoms with E-state index in [9.17, 15) is 14.4 Å². The summed E-state index contributed by atoms with van der Waals surface area (Å²) in [5, 5.41) is 3.70. The van der Waals surface area contributed by atoms with Crippen molar-refractivity contribution in [2.24, 2.45) is 0 Å². The second-order valence-corrected chi connectivity index (χ2v) is 7.13. The lowest BCUT2D eigenvalue weighted by Gasteiger charge is -2.06. The summed E-state index contributed by atoms with van der Waals surface area (Å²) in [6.07, 6.45) is 3.70. The number of hydrogen-bond donors (Lipinski definition) is 1. The van der Waals surface area contributed by atoms with E-state index in [0.29, 0.717) is 27.3 Å². The number of carbonyl (C=O) groups excluding carboxylic acids is 2. The number of thiazole rings is 1. The van der Waals surface area contributed by atoms with Gasteiger partial charge in [0.05, 0.1) is 27.8 Å². The van der Waals surface area contributed by atoms with Gasteiger partial charge in [-0.1, -0.05) is 23.5 Å². The number of para-hydroxylation sites is 1. The van der Waals surface area contributed by atoms with E-state index in [-0.39, 0.29) is 30.2 Å². The van der Waals surface area contributed by atoms with E-state index in [1.54, 1.807) is 18.2 Å². The van der Waals surface area contributed by atoms with E-state index in [1.807, 2.05) is 6.07 Å². The van der Waals surface area contributed by atoms with E-state index in [2.05, 4.69) is 15.3 Å². The molecule has 7 nitrogen and oxygen atoms in total. The molecule has 0 aliphatic heterocycles. The summed E-state index contributed by atoms with van der Waals surface area (Å²) in [6, 6.07) is 7.11. The number of Topliss-reactive ketones (excluding diaryl/α,β-unsaturated/α-hetero) is 1. The molecule has 0 spiro atoms. The maximum absolute atomic E-state index is 12.4. The number of nitrogens with one attached hydrogen (secondary N) is 1. The van der Waals surface area contributed by atoms with Crippen LogP contribution in [0.1, 0.15) is 34.6 Å². The molecule has 0 saturated carbocycles. The highest BCUT2D eigenvalue weighted by atomic mass is 32.1. The Labute approximate surface area is 152 Å². The molecule has 0 radical (unpaired) electrons. The summed E-state index contributed by atoms with van der Waals surface area (Å²) in [5.41, 5.74) is 1.24. The summed E-state index contributed by atoms with van der Waals surface area (Å²) in [5.74, 6) is -0.151. The van der Waals surface area contributed by atoms with E-state index in [1.165, 1.54) is 22.2 Å². The van der Waals surface area contributed by atoms with Gasteiger partial charge < -0.3 is 5.32 Å². The molecular weight excluding hydrogens is 352 g/mol. The number of nitrogens with zero attached hydrogens (tertiary/aromatic N) is 3. The average molecular weight is 368 g/mol. The van der Waals surface area contributed by atoms with Gasteiger partial charge in [-0.2, -0.15) is 0 Å². The van der Waals surface area contributed by atoms with Crippen molar-refractivity contribution in [2.75, 3.05) is 5.32 Å². The number of fused-ring (bicyclic) bond motifs is 2. The minimum atomic E-state index is -0.247. The third-order valence-electron chi connectivity index (χ3n) is 4.33. The Morgan fingerprint density at radius 2 is 2.08 bits per heavy atom. The molecule has 1 aliphatic carbocycles. The zero-order chi connectivity index (χ0) is 18.1. The molecule has 2 aromatic heterocycles. The third kappa shape index (κ3) is 3.15. The number of anilines is 1. The summed E-state index contributed by atoms with van der Waals surface area (Å²) in [6.45, 7) is 0.229. The molecule has 132 valence electrons. The minimum absolute atomic E-state index is 0.0954. The smallest absolute Gasteiger partial charge is 0.261 e. The Kier molecular flexibility index (Phi) is 4.34. The molecule has 0 bridgehead atoms. The van der Waals surface area contributed by atoms with Crippen molar-refractivity contribution in [1.29, 1.82) is 0 Å². The maximum Gasteiger partial charge on any atom is 0.261 e. The van der Waals surface area contributed by atoms with Crippen molar-refractivity contribution in [2.45, 2.75) is 32.2 Å². The fourth-order valence-electron chi connectivity index (χ4n) is 2.99.